The van der Waals surface area contributed by atoms with E-state index < -0.39 is 35.1 Å². The van der Waals surface area contributed by atoms with Crippen molar-refractivity contribution in [3.63, 3.8) is 0 Å². The van der Waals surface area contributed by atoms with Crippen LogP contribution in [0.5, 0.6) is 0 Å². The fourth-order valence-corrected chi connectivity index (χ4v) is 8.38. The Bertz CT molecular complexity index is 1540. The zero-order chi connectivity index (χ0) is 33.5. The van der Waals surface area contributed by atoms with E-state index in [2.05, 4.69) is 18.7 Å². The second-order valence-electron chi connectivity index (χ2n) is 13.2. The average molecular weight is 641 g/mol. The molecule has 4 aliphatic heterocycles. The number of hydrogen-bond donors (Lipinski definition) is 1. The van der Waals surface area contributed by atoms with E-state index in [1.807, 2.05) is 99.7 Å². The Kier molecular flexibility index (Phi) is 9.06. The van der Waals surface area contributed by atoms with Gasteiger partial charge in [0.05, 0.1) is 30.1 Å². The van der Waals surface area contributed by atoms with Gasteiger partial charge >= 0.3 is 0 Å². The van der Waals surface area contributed by atoms with Gasteiger partial charge in [-0.1, -0.05) is 69.7 Å². The minimum atomic E-state index is -1.40. The number of ether oxygens (including phenoxy) is 1. The first-order chi connectivity index (χ1) is 22.7. The van der Waals surface area contributed by atoms with Gasteiger partial charge in [-0.05, 0) is 62.6 Å². The van der Waals surface area contributed by atoms with Gasteiger partial charge in [0.2, 0.25) is 11.8 Å². The molecule has 4 heterocycles. The average Bonchev–Trinajstić information content (AvgIpc) is 3.38. The molecule has 2 aromatic carbocycles. The molecule has 1 N–H and O–H groups in total. The van der Waals surface area contributed by atoms with Crippen LogP contribution in [0, 0.1) is 17.8 Å². The van der Waals surface area contributed by atoms with Gasteiger partial charge in [-0.2, -0.15) is 0 Å². The molecule has 1 unspecified atom stereocenters. The second-order valence-corrected chi connectivity index (χ2v) is 13.2. The van der Waals surface area contributed by atoms with Crippen LogP contribution in [0.15, 0.2) is 78.9 Å². The number of benzene rings is 2. The Morgan fingerprint density at radius 3 is 2.04 bits per heavy atom. The summed E-state index contributed by atoms with van der Waals surface area (Å²) in [5.74, 6) is -2.69. The van der Waals surface area contributed by atoms with Crippen molar-refractivity contribution in [2.75, 3.05) is 47.5 Å². The Hall–Kier alpha value is -3.95. The Labute approximate surface area is 278 Å². The molecule has 9 heteroatoms. The van der Waals surface area contributed by atoms with Gasteiger partial charge in [0, 0.05) is 43.2 Å². The molecule has 0 radical (unpaired) electrons. The Morgan fingerprint density at radius 1 is 0.830 bits per heavy atom. The first-order valence-corrected chi connectivity index (χ1v) is 17.2. The molecule has 47 heavy (non-hydrogen) atoms. The molecule has 6 rings (SSSR count). The number of aliphatic hydroxyl groups is 1. The molecule has 0 saturated carbocycles. The van der Waals surface area contributed by atoms with E-state index in [1.54, 1.807) is 14.7 Å². The number of amides is 3. The van der Waals surface area contributed by atoms with Gasteiger partial charge in [-0.15, -0.1) is 0 Å². The number of para-hydroxylation sites is 1. The lowest BCUT2D eigenvalue weighted by Crippen LogP contribution is -2.60. The number of aliphatic hydroxyl groups excluding tert-OH is 1. The maximum atomic E-state index is 15.0. The van der Waals surface area contributed by atoms with Crippen molar-refractivity contribution >= 4 is 34.8 Å². The summed E-state index contributed by atoms with van der Waals surface area (Å²) in [5, 5.41) is 10.8. The molecule has 9 nitrogen and oxygen atoms in total. The smallest absolute Gasteiger partial charge is 0.253 e. The van der Waals surface area contributed by atoms with Crippen molar-refractivity contribution < 1.29 is 24.2 Å². The van der Waals surface area contributed by atoms with Gasteiger partial charge < -0.3 is 29.4 Å². The van der Waals surface area contributed by atoms with Gasteiger partial charge in [-0.3, -0.25) is 14.4 Å². The first kappa shape index (κ1) is 33.0. The molecule has 2 fully saturated rings. The number of likely N-dealkylation sites (tertiary alicyclic amines) is 1. The van der Waals surface area contributed by atoms with Gasteiger partial charge in [0.1, 0.15) is 11.6 Å². The summed E-state index contributed by atoms with van der Waals surface area (Å²) in [7, 11) is 0. The highest BCUT2D eigenvalue weighted by Crippen LogP contribution is 2.59. The van der Waals surface area contributed by atoms with Crippen LogP contribution >= 0.6 is 0 Å². The van der Waals surface area contributed by atoms with Crippen molar-refractivity contribution in [3.8, 4) is 0 Å². The lowest BCUT2D eigenvalue weighted by atomic mass is 9.73. The molecule has 0 bridgehead atoms. The monoisotopic (exact) mass is 640 g/mol. The number of rotatable bonds is 10. The molecule has 0 aromatic heterocycles. The largest absolute Gasteiger partial charge is 0.394 e. The van der Waals surface area contributed by atoms with Crippen molar-refractivity contribution in [1.29, 1.82) is 0 Å². The third-order valence-corrected chi connectivity index (χ3v) is 11.1. The highest BCUT2D eigenvalue weighted by Gasteiger charge is 2.76. The third-order valence-electron chi connectivity index (χ3n) is 11.1. The maximum Gasteiger partial charge on any atom is 0.253 e. The number of carbonyl (C=O) groups is 3. The number of nitrogens with zero attached hydrogens (tertiary/aromatic N) is 4. The minimum Gasteiger partial charge on any atom is -0.394 e. The molecule has 2 aromatic rings. The summed E-state index contributed by atoms with van der Waals surface area (Å²) in [5.41, 5.74) is 0.0531. The normalized spacial score (nSPS) is 29.7. The lowest BCUT2D eigenvalue weighted by molar-refractivity contribution is -0.150. The van der Waals surface area contributed by atoms with Gasteiger partial charge in [-0.25, -0.2) is 0 Å². The van der Waals surface area contributed by atoms with E-state index in [9.17, 15) is 14.7 Å². The minimum absolute atomic E-state index is 0.0943. The van der Waals surface area contributed by atoms with Crippen molar-refractivity contribution in [1.82, 2.24) is 4.90 Å². The van der Waals surface area contributed by atoms with Crippen LogP contribution in [-0.4, -0.2) is 83.8 Å². The molecular weight excluding hydrogens is 592 g/mol. The predicted octanol–water partition coefficient (Wildman–Crippen LogP) is 4.81. The molecule has 3 amide bonds. The Morgan fingerprint density at radius 2 is 1.45 bits per heavy atom. The zero-order valence-corrected chi connectivity index (χ0v) is 28.2. The number of anilines is 3. The quantitative estimate of drug-likeness (QED) is 0.375. The fourth-order valence-electron chi connectivity index (χ4n) is 8.38. The SMILES string of the molecule is CC[C@H](C)[C@H](CO)N1C(=O)[C@@H]2[C@H]3C(=O)N(c4ccccc4)CC=C[C@@]3(CC)O[C@@]23C=CCN(c2ccc(N(CC)CC)cc2)C(=O)C13. The van der Waals surface area contributed by atoms with Crippen LogP contribution < -0.4 is 14.7 Å². The summed E-state index contributed by atoms with van der Waals surface area (Å²) >= 11 is 0. The van der Waals surface area contributed by atoms with E-state index in [-0.39, 0.29) is 36.8 Å². The van der Waals surface area contributed by atoms with Crippen LogP contribution in [0.25, 0.3) is 0 Å². The molecule has 1 spiro atoms. The summed E-state index contributed by atoms with van der Waals surface area (Å²) in [4.78, 5) is 52.0. The van der Waals surface area contributed by atoms with Crippen molar-refractivity contribution in [2.45, 2.75) is 70.7 Å². The standard InChI is InChI=1S/C38H48N4O5/c1-6-26(5)30(25-43)42-33-36(46)41(29-19-17-27(18-20-29)39(8-3)9-4)24-14-22-38(33)32(35(42)45)31-34(44)40(28-15-11-10-12-16-28)23-13-21-37(31,7-2)47-38/h10-22,26,30-33,43H,6-9,23-25H2,1-5H3/t26-,30-,31-,32-,33?,37+,38-/m0/s1. The van der Waals surface area contributed by atoms with Crippen LogP contribution in [0.1, 0.15) is 47.5 Å². The highest BCUT2D eigenvalue weighted by molar-refractivity contribution is 6.07. The molecular formula is C38H48N4O5. The van der Waals surface area contributed by atoms with E-state index in [4.69, 9.17) is 4.74 Å². The molecule has 7 atom stereocenters. The summed E-state index contributed by atoms with van der Waals surface area (Å²) in [6.07, 6.45) is 8.85. The van der Waals surface area contributed by atoms with Crippen LogP contribution in [0.4, 0.5) is 17.1 Å². The van der Waals surface area contributed by atoms with E-state index in [0.29, 0.717) is 19.4 Å². The van der Waals surface area contributed by atoms with Crippen LogP contribution in [0.3, 0.4) is 0 Å². The fraction of sp³-hybridized carbons (Fsp3) is 0.500. The topological polar surface area (TPSA) is 93.6 Å². The molecule has 2 saturated heterocycles. The first-order valence-electron chi connectivity index (χ1n) is 17.2. The Balaban J connectivity index is 1.49. The second kappa shape index (κ2) is 12.9. The van der Waals surface area contributed by atoms with Crippen LogP contribution in [0.2, 0.25) is 0 Å². The van der Waals surface area contributed by atoms with Gasteiger partial charge in [0.25, 0.3) is 5.91 Å². The van der Waals surface area contributed by atoms with Crippen molar-refractivity contribution in [3.05, 3.63) is 78.9 Å². The number of hydrogen-bond acceptors (Lipinski definition) is 6. The summed E-state index contributed by atoms with van der Waals surface area (Å²) < 4.78 is 7.16. The van der Waals surface area contributed by atoms with Crippen LogP contribution in [-0.2, 0) is 19.1 Å². The van der Waals surface area contributed by atoms with Gasteiger partial charge in [0.15, 0.2) is 0 Å². The summed E-state index contributed by atoms with van der Waals surface area (Å²) in [6, 6.07) is 15.7. The molecule has 250 valence electrons. The van der Waals surface area contributed by atoms with E-state index in [1.165, 1.54) is 0 Å². The van der Waals surface area contributed by atoms with E-state index >= 15 is 4.79 Å². The zero-order valence-electron chi connectivity index (χ0n) is 28.2. The highest BCUT2D eigenvalue weighted by atomic mass is 16.5. The lowest BCUT2D eigenvalue weighted by Gasteiger charge is -2.42. The number of carbonyl (C=O) groups excluding carboxylic acids is 3. The maximum absolute atomic E-state index is 15.0. The summed E-state index contributed by atoms with van der Waals surface area (Å²) in [6.45, 7) is 12.3. The molecule has 4 aliphatic rings. The molecule has 0 aliphatic carbocycles. The number of fused-ring (bicyclic) bond motifs is 2. The van der Waals surface area contributed by atoms with E-state index in [0.717, 1.165) is 30.2 Å². The third kappa shape index (κ3) is 5.10. The van der Waals surface area contributed by atoms with Crippen molar-refractivity contribution in [2.24, 2.45) is 17.8 Å². The predicted molar refractivity (Wildman–Crippen MR) is 184 cm³/mol.